The maximum atomic E-state index is 11.6. The van der Waals surface area contributed by atoms with E-state index in [1.54, 1.807) is 11.3 Å². The summed E-state index contributed by atoms with van der Waals surface area (Å²) in [5.74, 6) is 0.175. The molecule has 0 aliphatic heterocycles. The Morgan fingerprint density at radius 1 is 1.44 bits per heavy atom. The number of nitrogens with one attached hydrogen (secondary N) is 1. The molecule has 0 aromatic carbocycles. The van der Waals surface area contributed by atoms with Crippen molar-refractivity contribution in [3.8, 4) is 0 Å². The van der Waals surface area contributed by atoms with E-state index in [0.717, 1.165) is 15.6 Å². The Bertz CT molecular complexity index is 451. The van der Waals surface area contributed by atoms with Crippen LogP contribution in [0.2, 0.25) is 0 Å². The Kier molecular flexibility index (Phi) is 4.46. The number of sulfonamides is 1. The van der Waals surface area contributed by atoms with Crippen molar-refractivity contribution in [2.24, 2.45) is 0 Å². The third kappa shape index (κ3) is 3.54. The minimum absolute atomic E-state index is 0.175. The van der Waals surface area contributed by atoms with Crippen LogP contribution in [-0.4, -0.2) is 19.2 Å². The first kappa shape index (κ1) is 13.6. The Labute approximate surface area is 101 Å². The number of aromatic nitrogens is 1. The highest BCUT2D eigenvalue weighted by molar-refractivity contribution is 7.89. The Morgan fingerprint density at radius 3 is 2.50 bits per heavy atom. The molecular formula is C10H18N2O2S2. The second-order valence-electron chi connectivity index (χ2n) is 3.84. The summed E-state index contributed by atoms with van der Waals surface area (Å²) in [6.45, 7) is 7.54. The van der Waals surface area contributed by atoms with Crippen molar-refractivity contribution >= 4 is 21.4 Å². The number of nitrogens with zero attached hydrogens (tertiary/aromatic N) is 1. The molecule has 16 heavy (non-hydrogen) atoms. The van der Waals surface area contributed by atoms with Gasteiger partial charge in [-0.2, -0.15) is 0 Å². The molecule has 0 saturated carbocycles. The van der Waals surface area contributed by atoms with Crippen LogP contribution >= 0.6 is 11.3 Å². The van der Waals surface area contributed by atoms with E-state index in [1.807, 2.05) is 27.7 Å². The molecule has 1 N–H and O–H groups in total. The van der Waals surface area contributed by atoms with Gasteiger partial charge in [0, 0.05) is 4.88 Å². The van der Waals surface area contributed by atoms with E-state index in [0.29, 0.717) is 6.42 Å². The van der Waals surface area contributed by atoms with E-state index in [4.69, 9.17) is 0 Å². The molecule has 0 fully saturated rings. The summed E-state index contributed by atoms with van der Waals surface area (Å²) in [5, 5.41) is 0.967. The number of rotatable bonds is 5. The topological polar surface area (TPSA) is 59.1 Å². The van der Waals surface area contributed by atoms with E-state index in [2.05, 4.69) is 9.71 Å². The van der Waals surface area contributed by atoms with E-state index in [-0.39, 0.29) is 11.8 Å². The molecule has 0 saturated heterocycles. The highest BCUT2D eigenvalue weighted by Crippen LogP contribution is 2.24. The lowest BCUT2D eigenvalue weighted by Crippen LogP contribution is -2.28. The fourth-order valence-corrected chi connectivity index (χ4v) is 3.92. The molecule has 4 nitrogen and oxygen atoms in total. The molecule has 1 aromatic rings. The molecule has 1 rings (SSSR count). The van der Waals surface area contributed by atoms with Crippen molar-refractivity contribution in [3.63, 3.8) is 0 Å². The van der Waals surface area contributed by atoms with Crippen LogP contribution in [0, 0.1) is 13.8 Å². The molecule has 1 unspecified atom stereocenters. The van der Waals surface area contributed by atoms with Crippen LogP contribution < -0.4 is 4.72 Å². The second kappa shape index (κ2) is 5.25. The normalized spacial score (nSPS) is 14.0. The first-order valence-electron chi connectivity index (χ1n) is 5.29. The van der Waals surface area contributed by atoms with Gasteiger partial charge >= 0.3 is 0 Å². The lowest BCUT2D eigenvalue weighted by molar-refractivity contribution is 0.566. The maximum Gasteiger partial charge on any atom is 0.212 e. The first-order valence-corrected chi connectivity index (χ1v) is 7.76. The van der Waals surface area contributed by atoms with E-state index in [9.17, 15) is 8.42 Å². The molecule has 0 aliphatic carbocycles. The predicted octanol–water partition coefficient (Wildman–Crippen LogP) is 2.15. The maximum absolute atomic E-state index is 11.6. The molecular weight excluding hydrogens is 244 g/mol. The minimum Gasteiger partial charge on any atom is -0.247 e. The number of hydrogen-bond donors (Lipinski definition) is 1. The van der Waals surface area contributed by atoms with Gasteiger partial charge in [0.2, 0.25) is 10.0 Å². The van der Waals surface area contributed by atoms with Crippen LogP contribution in [-0.2, 0) is 10.0 Å². The molecule has 0 spiro atoms. The van der Waals surface area contributed by atoms with E-state index < -0.39 is 10.0 Å². The third-order valence-electron chi connectivity index (χ3n) is 2.16. The molecule has 0 radical (unpaired) electrons. The van der Waals surface area contributed by atoms with E-state index in [1.165, 1.54) is 0 Å². The lowest BCUT2D eigenvalue weighted by Gasteiger charge is -2.12. The summed E-state index contributed by atoms with van der Waals surface area (Å²) in [6.07, 6.45) is 0.628. The predicted molar refractivity (Wildman–Crippen MR) is 67.2 cm³/mol. The van der Waals surface area contributed by atoms with Crippen LogP contribution in [0.15, 0.2) is 0 Å². The van der Waals surface area contributed by atoms with Crippen LogP contribution in [0.1, 0.15) is 41.9 Å². The molecule has 0 aliphatic rings. The van der Waals surface area contributed by atoms with Gasteiger partial charge in [-0.15, -0.1) is 11.3 Å². The lowest BCUT2D eigenvalue weighted by atomic mass is 10.2. The zero-order chi connectivity index (χ0) is 12.3. The summed E-state index contributed by atoms with van der Waals surface area (Å²) in [7, 11) is -3.16. The largest absolute Gasteiger partial charge is 0.247 e. The van der Waals surface area contributed by atoms with Crippen LogP contribution in [0.4, 0.5) is 0 Å². The van der Waals surface area contributed by atoms with Gasteiger partial charge < -0.3 is 0 Å². The molecule has 0 bridgehead atoms. The molecule has 6 heteroatoms. The fourth-order valence-electron chi connectivity index (χ4n) is 1.60. The van der Waals surface area contributed by atoms with Gasteiger partial charge in [-0.3, -0.25) is 0 Å². The molecule has 1 aromatic heterocycles. The Morgan fingerprint density at radius 2 is 2.06 bits per heavy atom. The third-order valence-corrected chi connectivity index (χ3v) is 5.08. The van der Waals surface area contributed by atoms with Gasteiger partial charge in [0.15, 0.2) is 0 Å². The number of aryl methyl sites for hydroxylation is 2. The van der Waals surface area contributed by atoms with Gasteiger partial charge in [0.1, 0.15) is 0 Å². The van der Waals surface area contributed by atoms with Crippen molar-refractivity contribution in [2.45, 2.75) is 40.2 Å². The zero-order valence-corrected chi connectivity index (χ0v) is 11.7. The Balaban J connectivity index is 2.80. The summed E-state index contributed by atoms with van der Waals surface area (Å²) < 4.78 is 25.9. The molecule has 92 valence electrons. The van der Waals surface area contributed by atoms with Gasteiger partial charge in [0.25, 0.3) is 0 Å². The quantitative estimate of drug-likeness (QED) is 0.884. The summed E-state index contributed by atoms with van der Waals surface area (Å²) in [6, 6.07) is -0.192. The van der Waals surface area contributed by atoms with Crippen LogP contribution in [0.3, 0.4) is 0 Å². The fraction of sp³-hybridized carbons (Fsp3) is 0.700. The Hall–Kier alpha value is -0.460. The highest BCUT2D eigenvalue weighted by Gasteiger charge is 2.18. The molecule has 0 amide bonds. The number of thiazole rings is 1. The minimum atomic E-state index is -3.16. The SMILES string of the molecule is CCCS(=O)(=O)NC(C)c1sc(C)nc1C. The van der Waals surface area contributed by atoms with Crippen molar-refractivity contribution in [1.82, 2.24) is 9.71 Å². The van der Waals surface area contributed by atoms with Crippen molar-refractivity contribution in [3.05, 3.63) is 15.6 Å². The average Bonchev–Trinajstić information content (AvgIpc) is 2.44. The first-order chi connectivity index (χ1) is 7.35. The average molecular weight is 262 g/mol. The van der Waals surface area contributed by atoms with Crippen LogP contribution in [0.5, 0.6) is 0 Å². The summed E-state index contributed by atoms with van der Waals surface area (Å²) in [4.78, 5) is 5.29. The standard InChI is InChI=1S/C10H18N2O2S2/c1-5-6-16(13,14)12-8(3)10-7(2)11-9(4)15-10/h8,12H,5-6H2,1-4H3. The molecule has 1 heterocycles. The van der Waals surface area contributed by atoms with Gasteiger partial charge in [-0.05, 0) is 27.2 Å². The van der Waals surface area contributed by atoms with Gasteiger partial charge in [-0.25, -0.2) is 18.1 Å². The molecule has 1 atom stereocenters. The monoisotopic (exact) mass is 262 g/mol. The van der Waals surface area contributed by atoms with Gasteiger partial charge in [-0.1, -0.05) is 6.92 Å². The van der Waals surface area contributed by atoms with Crippen molar-refractivity contribution in [1.29, 1.82) is 0 Å². The van der Waals surface area contributed by atoms with Gasteiger partial charge in [0.05, 0.1) is 22.5 Å². The number of hydrogen-bond acceptors (Lipinski definition) is 4. The second-order valence-corrected chi connectivity index (χ2v) is 6.95. The van der Waals surface area contributed by atoms with Crippen molar-refractivity contribution < 1.29 is 8.42 Å². The highest BCUT2D eigenvalue weighted by atomic mass is 32.2. The van der Waals surface area contributed by atoms with E-state index >= 15 is 0 Å². The van der Waals surface area contributed by atoms with Crippen LogP contribution in [0.25, 0.3) is 0 Å². The summed E-state index contributed by atoms with van der Waals surface area (Å²) in [5.41, 5.74) is 0.911. The summed E-state index contributed by atoms with van der Waals surface area (Å²) >= 11 is 1.54. The zero-order valence-electron chi connectivity index (χ0n) is 10.1. The smallest absolute Gasteiger partial charge is 0.212 e. The van der Waals surface area contributed by atoms with Crippen molar-refractivity contribution in [2.75, 3.05) is 5.75 Å².